The number of carbonyl (C=O) groups excluding carboxylic acids is 2. The van der Waals surface area contributed by atoms with Crippen molar-refractivity contribution in [1.82, 2.24) is 5.32 Å². The van der Waals surface area contributed by atoms with Gasteiger partial charge in [-0.1, -0.05) is 0 Å². The van der Waals surface area contributed by atoms with E-state index in [1.54, 1.807) is 6.92 Å². The molecule has 2 atom stereocenters. The fraction of sp³-hybridized carbons (Fsp3) is 0.478. The SMILES string of the molecule is CC(Oc1ccc(F)cc1)C(=O)Nc1sc2c(c1C(=O)NCC1CCCO1)CCCC2. The molecule has 4 rings (SSSR count). The number of nitrogens with one attached hydrogen (secondary N) is 2. The van der Waals surface area contributed by atoms with E-state index in [-0.39, 0.29) is 23.7 Å². The van der Waals surface area contributed by atoms with Crippen molar-refractivity contribution in [1.29, 1.82) is 0 Å². The molecule has 1 fully saturated rings. The van der Waals surface area contributed by atoms with Crippen LogP contribution >= 0.6 is 11.3 Å². The highest BCUT2D eigenvalue weighted by Gasteiger charge is 2.28. The molecule has 2 heterocycles. The fourth-order valence-electron chi connectivity index (χ4n) is 3.98. The van der Waals surface area contributed by atoms with Gasteiger partial charge in [-0.2, -0.15) is 0 Å². The number of thiophene rings is 1. The molecule has 0 radical (unpaired) electrons. The number of hydrogen-bond donors (Lipinski definition) is 2. The summed E-state index contributed by atoms with van der Waals surface area (Å²) in [5, 5.41) is 6.45. The standard InChI is InChI=1S/C23H27FN2O4S/c1-14(30-16-10-8-15(24)9-11-16)21(27)26-23-20(18-6-2-3-7-19(18)31-23)22(28)25-13-17-5-4-12-29-17/h8-11,14,17H,2-7,12-13H2,1H3,(H,25,28)(H,26,27). The average Bonchev–Trinajstić information content (AvgIpc) is 3.41. The second-order valence-electron chi connectivity index (χ2n) is 7.96. The second kappa shape index (κ2) is 9.78. The van der Waals surface area contributed by atoms with Crippen LogP contribution in [0, 0.1) is 5.82 Å². The van der Waals surface area contributed by atoms with E-state index >= 15 is 0 Å². The van der Waals surface area contributed by atoms with E-state index in [2.05, 4.69) is 10.6 Å². The van der Waals surface area contributed by atoms with Crippen LogP contribution < -0.4 is 15.4 Å². The molecule has 166 valence electrons. The predicted octanol–water partition coefficient (Wildman–Crippen LogP) is 4.08. The third kappa shape index (κ3) is 5.25. The predicted molar refractivity (Wildman–Crippen MR) is 117 cm³/mol. The zero-order valence-electron chi connectivity index (χ0n) is 17.5. The van der Waals surface area contributed by atoms with E-state index in [1.807, 2.05) is 0 Å². The van der Waals surface area contributed by atoms with Crippen molar-refractivity contribution in [2.24, 2.45) is 0 Å². The molecule has 2 amide bonds. The molecule has 1 aliphatic carbocycles. The van der Waals surface area contributed by atoms with Crippen molar-refractivity contribution in [3.05, 3.63) is 46.1 Å². The van der Waals surface area contributed by atoms with Gasteiger partial charge in [-0.15, -0.1) is 11.3 Å². The van der Waals surface area contributed by atoms with Gasteiger partial charge in [-0.3, -0.25) is 9.59 Å². The lowest BCUT2D eigenvalue weighted by Gasteiger charge is -2.16. The first-order valence-electron chi connectivity index (χ1n) is 10.8. The average molecular weight is 447 g/mol. The first-order chi connectivity index (χ1) is 15.0. The highest BCUT2D eigenvalue weighted by Crippen LogP contribution is 2.38. The zero-order chi connectivity index (χ0) is 21.8. The second-order valence-corrected chi connectivity index (χ2v) is 9.07. The van der Waals surface area contributed by atoms with Crippen molar-refractivity contribution in [3.63, 3.8) is 0 Å². The Bertz CT molecular complexity index is 938. The van der Waals surface area contributed by atoms with E-state index in [0.717, 1.165) is 55.6 Å². The Kier molecular flexibility index (Phi) is 6.87. The lowest BCUT2D eigenvalue weighted by molar-refractivity contribution is -0.122. The molecule has 1 aromatic carbocycles. The maximum Gasteiger partial charge on any atom is 0.265 e. The van der Waals surface area contributed by atoms with Crippen LogP contribution in [0.4, 0.5) is 9.39 Å². The van der Waals surface area contributed by atoms with E-state index < -0.39 is 6.10 Å². The molecule has 2 N–H and O–H groups in total. The van der Waals surface area contributed by atoms with E-state index in [0.29, 0.717) is 22.9 Å². The minimum absolute atomic E-state index is 0.0561. The van der Waals surface area contributed by atoms with Crippen molar-refractivity contribution in [2.45, 2.75) is 57.7 Å². The minimum atomic E-state index is -0.799. The van der Waals surface area contributed by atoms with Crippen LogP contribution in [0.5, 0.6) is 5.75 Å². The summed E-state index contributed by atoms with van der Waals surface area (Å²) in [4.78, 5) is 27.0. The number of anilines is 1. The molecule has 1 aliphatic heterocycles. The summed E-state index contributed by atoms with van der Waals surface area (Å²) in [6.07, 6.45) is 5.10. The van der Waals surface area contributed by atoms with Crippen molar-refractivity contribution in [3.8, 4) is 5.75 Å². The maximum atomic E-state index is 13.1. The van der Waals surface area contributed by atoms with Crippen LogP contribution in [0.25, 0.3) is 0 Å². The molecule has 1 saturated heterocycles. The Labute approximate surface area is 185 Å². The van der Waals surface area contributed by atoms with Crippen molar-refractivity contribution in [2.75, 3.05) is 18.5 Å². The first-order valence-corrected chi connectivity index (χ1v) is 11.6. The van der Waals surface area contributed by atoms with Gasteiger partial charge in [0.2, 0.25) is 0 Å². The zero-order valence-corrected chi connectivity index (χ0v) is 18.4. The van der Waals surface area contributed by atoms with Crippen molar-refractivity contribution < 1.29 is 23.5 Å². The van der Waals surface area contributed by atoms with Gasteiger partial charge >= 0.3 is 0 Å². The number of hydrogen-bond acceptors (Lipinski definition) is 5. The first kappa shape index (κ1) is 21.8. The molecule has 6 nitrogen and oxygen atoms in total. The van der Waals surface area contributed by atoms with Gasteiger partial charge in [-0.05, 0) is 75.3 Å². The van der Waals surface area contributed by atoms with Gasteiger partial charge in [0.1, 0.15) is 16.6 Å². The lowest BCUT2D eigenvalue weighted by atomic mass is 9.95. The van der Waals surface area contributed by atoms with Crippen molar-refractivity contribution >= 4 is 28.2 Å². The molecule has 8 heteroatoms. The Morgan fingerprint density at radius 1 is 1.23 bits per heavy atom. The summed E-state index contributed by atoms with van der Waals surface area (Å²) in [6, 6.07) is 5.52. The number of halogens is 1. The van der Waals surface area contributed by atoms with Crippen LogP contribution in [-0.2, 0) is 22.4 Å². The van der Waals surface area contributed by atoms with Gasteiger partial charge in [0.15, 0.2) is 6.10 Å². The fourth-order valence-corrected chi connectivity index (χ4v) is 5.27. The molecule has 0 bridgehead atoms. The number of amides is 2. The summed E-state index contributed by atoms with van der Waals surface area (Å²) in [7, 11) is 0. The summed E-state index contributed by atoms with van der Waals surface area (Å²) < 4.78 is 24.3. The Morgan fingerprint density at radius 2 is 2.00 bits per heavy atom. The van der Waals surface area contributed by atoms with Crippen LogP contribution in [0.2, 0.25) is 0 Å². The number of carbonyl (C=O) groups is 2. The minimum Gasteiger partial charge on any atom is -0.481 e. The summed E-state index contributed by atoms with van der Waals surface area (Å²) in [6.45, 7) is 2.84. The Morgan fingerprint density at radius 3 is 2.74 bits per heavy atom. The van der Waals surface area contributed by atoms with Crippen LogP contribution in [0.15, 0.2) is 24.3 Å². The van der Waals surface area contributed by atoms with Crippen LogP contribution in [-0.4, -0.2) is 37.2 Å². The highest BCUT2D eigenvalue weighted by molar-refractivity contribution is 7.17. The molecular weight excluding hydrogens is 419 g/mol. The summed E-state index contributed by atoms with van der Waals surface area (Å²) in [5.41, 5.74) is 1.61. The number of aryl methyl sites for hydroxylation is 1. The monoisotopic (exact) mass is 446 g/mol. The van der Waals surface area contributed by atoms with E-state index in [4.69, 9.17) is 9.47 Å². The van der Waals surface area contributed by atoms with Crippen LogP contribution in [0.1, 0.15) is 53.4 Å². The van der Waals surface area contributed by atoms with Gasteiger partial charge in [0, 0.05) is 18.0 Å². The van der Waals surface area contributed by atoms with Gasteiger partial charge in [0.05, 0.1) is 11.7 Å². The van der Waals surface area contributed by atoms with E-state index in [1.165, 1.54) is 35.6 Å². The molecule has 2 aliphatic rings. The van der Waals surface area contributed by atoms with E-state index in [9.17, 15) is 14.0 Å². The van der Waals surface area contributed by atoms with Crippen LogP contribution in [0.3, 0.4) is 0 Å². The molecule has 2 aromatic rings. The molecule has 31 heavy (non-hydrogen) atoms. The summed E-state index contributed by atoms with van der Waals surface area (Å²) in [5.74, 6) is -0.482. The number of benzene rings is 1. The summed E-state index contributed by atoms with van der Waals surface area (Å²) >= 11 is 1.47. The Hall–Kier alpha value is -2.45. The highest BCUT2D eigenvalue weighted by atomic mass is 32.1. The number of ether oxygens (including phenoxy) is 2. The largest absolute Gasteiger partial charge is 0.481 e. The maximum absolute atomic E-state index is 13.1. The molecular formula is C23H27FN2O4S. The molecule has 0 spiro atoms. The van der Waals surface area contributed by atoms with Gasteiger partial charge < -0.3 is 20.1 Å². The van der Waals surface area contributed by atoms with Gasteiger partial charge in [-0.25, -0.2) is 4.39 Å². The Balaban J connectivity index is 1.47. The lowest BCUT2D eigenvalue weighted by Crippen LogP contribution is -2.34. The molecule has 0 saturated carbocycles. The third-order valence-electron chi connectivity index (χ3n) is 5.65. The third-order valence-corrected chi connectivity index (χ3v) is 6.85. The molecule has 1 aromatic heterocycles. The molecule has 2 unspecified atom stereocenters. The van der Waals surface area contributed by atoms with Gasteiger partial charge in [0.25, 0.3) is 11.8 Å². The number of fused-ring (bicyclic) bond motifs is 1. The topological polar surface area (TPSA) is 76.7 Å². The smallest absolute Gasteiger partial charge is 0.265 e. The normalized spacial score (nSPS) is 18.8. The number of rotatable bonds is 7. The quantitative estimate of drug-likeness (QED) is 0.672.